The van der Waals surface area contributed by atoms with E-state index in [1.165, 1.54) is 0 Å². The highest BCUT2D eigenvalue weighted by Gasteiger charge is 2.13. The van der Waals surface area contributed by atoms with Gasteiger partial charge in [0.25, 0.3) is 0 Å². The van der Waals surface area contributed by atoms with Crippen molar-refractivity contribution in [2.75, 3.05) is 6.61 Å². The van der Waals surface area contributed by atoms with E-state index in [1.54, 1.807) is 6.07 Å². The van der Waals surface area contributed by atoms with Crippen molar-refractivity contribution in [1.29, 1.82) is 0 Å². The van der Waals surface area contributed by atoms with Crippen molar-refractivity contribution in [3.63, 3.8) is 0 Å². The molecule has 0 saturated carbocycles. The quantitative estimate of drug-likeness (QED) is 0.808. The molecule has 3 nitrogen and oxygen atoms in total. The molecule has 4 heteroatoms. The van der Waals surface area contributed by atoms with Crippen LogP contribution in [0.25, 0.3) is 10.9 Å². The molecule has 0 amide bonds. The van der Waals surface area contributed by atoms with Gasteiger partial charge in [0.1, 0.15) is 0 Å². The van der Waals surface area contributed by atoms with Crippen molar-refractivity contribution in [1.82, 2.24) is 4.98 Å². The Morgan fingerprint density at radius 3 is 2.89 bits per heavy atom. The molecule has 0 fully saturated rings. The van der Waals surface area contributed by atoms with Crippen LogP contribution in [0.1, 0.15) is 29.4 Å². The van der Waals surface area contributed by atoms with Gasteiger partial charge in [0.15, 0.2) is 0 Å². The molecular weight excluding hydrogens is 294 g/mol. The number of carbonyl (C=O) groups excluding carboxylic acids is 1. The van der Waals surface area contributed by atoms with Gasteiger partial charge in [-0.15, -0.1) is 0 Å². The number of carbonyl (C=O) groups is 1. The fourth-order valence-corrected chi connectivity index (χ4v) is 2.13. The second-order valence-electron chi connectivity index (χ2n) is 4.11. The summed E-state index contributed by atoms with van der Waals surface area (Å²) in [6.45, 7) is 4.29. The molecule has 0 unspecified atom stereocenters. The van der Waals surface area contributed by atoms with Gasteiger partial charge in [0.05, 0.1) is 17.7 Å². The average Bonchev–Trinajstić information content (AvgIpc) is 2.35. The van der Waals surface area contributed by atoms with Crippen molar-refractivity contribution in [3.8, 4) is 0 Å². The standard InChI is InChI=1S/C14H14BrNO2/c1-3-6-18-14(17)12-7-9(2)16-13-5-4-10(15)8-11(12)13/h4-5,7-8H,3,6H2,1-2H3. The van der Waals surface area contributed by atoms with Crippen molar-refractivity contribution >= 4 is 32.8 Å². The minimum atomic E-state index is -0.287. The summed E-state index contributed by atoms with van der Waals surface area (Å²) < 4.78 is 6.12. The van der Waals surface area contributed by atoms with Crippen LogP contribution in [0.5, 0.6) is 0 Å². The highest BCUT2D eigenvalue weighted by atomic mass is 79.9. The number of halogens is 1. The molecule has 0 atom stereocenters. The highest BCUT2D eigenvalue weighted by molar-refractivity contribution is 9.10. The van der Waals surface area contributed by atoms with Gasteiger partial charge in [-0.05, 0) is 37.6 Å². The summed E-state index contributed by atoms with van der Waals surface area (Å²) in [6.07, 6.45) is 0.817. The fraction of sp³-hybridized carbons (Fsp3) is 0.286. The Hall–Kier alpha value is -1.42. The van der Waals surface area contributed by atoms with Crippen LogP contribution >= 0.6 is 15.9 Å². The number of fused-ring (bicyclic) bond motifs is 1. The maximum Gasteiger partial charge on any atom is 0.338 e. The number of aryl methyl sites for hydroxylation is 1. The monoisotopic (exact) mass is 307 g/mol. The van der Waals surface area contributed by atoms with Crippen LogP contribution in [-0.2, 0) is 4.74 Å². The van der Waals surface area contributed by atoms with Gasteiger partial charge >= 0.3 is 5.97 Å². The number of ether oxygens (including phenoxy) is 1. The van der Waals surface area contributed by atoms with Crippen LogP contribution < -0.4 is 0 Å². The van der Waals surface area contributed by atoms with Gasteiger partial charge in [-0.2, -0.15) is 0 Å². The van der Waals surface area contributed by atoms with E-state index in [9.17, 15) is 4.79 Å². The molecule has 0 aliphatic rings. The maximum absolute atomic E-state index is 12.0. The maximum atomic E-state index is 12.0. The molecule has 1 aromatic carbocycles. The lowest BCUT2D eigenvalue weighted by atomic mass is 10.1. The summed E-state index contributed by atoms with van der Waals surface area (Å²) in [5, 5.41) is 0.816. The van der Waals surface area contributed by atoms with Gasteiger partial charge in [-0.1, -0.05) is 22.9 Å². The zero-order chi connectivity index (χ0) is 13.1. The van der Waals surface area contributed by atoms with Crippen molar-refractivity contribution in [3.05, 3.63) is 40.0 Å². The Labute approximate surface area is 114 Å². The van der Waals surface area contributed by atoms with E-state index >= 15 is 0 Å². The van der Waals surface area contributed by atoms with Crippen LogP contribution in [0.4, 0.5) is 0 Å². The molecule has 2 rings (SSSR count). The molecule has 0 spiro atoms. The van der Waals surface area contributed by atoms with Crippen molar-refractivity contribution in [2.45, 2.75) is 20.3 Å². The van der Waals surface area contributed by atoms with E-state index in [4.69, 9.17) is 4.74 Å². The van der Waals surface area contributed by atoms with Crippen LogP contribution in [0, 0.1) is 6.92 Å². The predicted molar refractivity (Wildman–Crippen MR) is 74.8 cm³/mol. The lowest BCUT2D eigenvalue weighted by Gasteiger charge is -2.08. The van der Waals surface area contributed by atoms with E-state index < -0.39 is 0 Å². The smallest absolute Gasteiger partial charge is 0.338 e. The Morgan fingerprint density at radius 2 is 2.17 bits per heavy atom. The molecule has 94 valence electrons. The fourth-order valence-electron chi connectivity index (χ4n) is 1.77. The van der Waals surface area contributed by atoms with Crippen molar-refractivity contribution < 1.29 is 9.53 Å². The molecule has 2 aromatic rings. The lowest BCUT2D eigenvalue weighted by molar-refractivity contribution is 0.0507. The van der Waals surface area contributed by atoms with E-state index in [-0.39, 0.29) is 5.97 Å². The highest BCUT2D eigenvalue weighted by Crippen LogP contribution is 2.23. The number of hydrogen-bond donors (Lipinski definition) is 0. The summed E-state index contributed by atoms with van der Waals surface area (Å²) in [5.74, 6) is -0.287. The van der Waals surface area contributed by atoms with E-state index in [0.717, 1.165) is 27.5 Å². The normalized spacial score (nSPS) is 10.6. The number of esters is 1. The first-order chi connectivity index (χ1) is 8.61. The Kier molecular flexibility index (Phi) is 3.97. The summed E-state index contributed by atoms with van der Waals surface area (Å²) in [4.78, 5) is 16.4. The number of pyridine rings is 1. The molecular formula is C14H14BrNO2. The summed E-state index contributed by atoms with van der Waals surface area (Å²) in [7, 11) is 0. The van der Waals surface area contributed by atoms with Gasteiger partial charge in [-0.25, -0.2) is 4.79 Å². The van der Waals surface area contributed by atoms with Gasteiger partial charge in [0, 0.05) is 15.6 Å². The number of hydrogen-bond acceptors (Lipinski definition) is 3. The first-order valence-electron chi connectivity index (χ1n) is 5.86. The van der Waals surface area contributed by atoms with E-state index in [2.05, 4.69) is 20.9 Å². The molecule has 18 heavy (non-hydrogen) atoms. The minimum Gasteiger partial charge on any atom is -0.462 e. The van der Waals surface area contributed by atoms with Crippen LogP contribution in [0.2, 0.25) is 0 Å². The second-order valence-corrected chi connectivity index (χ2v) is 5.02. The minimum absolute atomic E-state index is 0.287. The van der Waals surface area contributed by atoms with E-state index in [1.807, 2.05) is 32.0 Å². The SMILES string of the molecule is CCCOC(=O)c1cc(C)nc2ccc(Br)cc12. The first kappa shape index (κ1) is 13.0. The molecule has 0 aliphatic heterocycles. The third kappa shape index (κ3) is 2.70. The third-order valence-corrected chi connectivity index (χ3v) is 3.05. The molecule has 0 aliphatic carbocycles. The predicted octanol–water partition coefficient (Wildman–Crippen LogP) is 3.87. The summed E-state index contributed by atoms with van der Waals surface area (Å²) in [6, 6.07) is 7.47. The zero-order valence-corrected chi connectivity index (χ0v) is 12.0. The largest absolute Gasteiger partial charge is 0.462 e. The lowest BCUT2D eigenvalue weighted by Crippen LogP contribution is -2.07. The van der Waals surface area contributed by atoms with Crippen LogP contribution in [0.3, 0.4) is 0 Å². The number of benzene rings is 1. The van der Waals surface area contributed by atoms with E-state index in [0.29, 0.717) is 12.2 Å². The molecule has 1 heterocycles. The number of nitrogens with zero attached hydrogens (tertiary/aromatic N) is 1. The number of aromatic nitrogens is 1. The summed E-state index contributed by atoms with van der Waals surface area (Å²) in [5.41, 5.74) is 2.20. The molecule has 0 saturated heterocycles. The topological polar surface area (TPSA) is 39.2 Å². The van der Waals surface area contributed by atoms with Crippen LogP contribution in [-0.4, -0.2) is 17.6 Å². The molecule has 0 bridgehead atoms. The Bertz CT molecular complexity index is 596. The Balaban J connectivity index is 2.54. The third-order valence-electron chi connectivity index (χ3n) is 2.56. The summed E-state index contributed by atoms with van der Waals surface area (Å²) >= 11 is 3.41. The average molecular weight is 308 g/mol. The second kappa shape index (κ2) is 5.48. The molecule has 0 radical (unpaired) electrons. The van der Waals surface area contributed by atoms with Crippen LogP contribution in [0.15, 0.2) is 28.7 Å². The van der Waals surface area contributed by atoms with Gasteiger partial charge < -0.3 is 4.74 Å². The first-order valence-corrected chi connectivity index (χ1v) is 6.65. The number of rotatable bonds is 3. The van der Waals surface area contributed by atoms with Crippen molar-refractivity contribution in [2.24, 2.45) is 0 Å². The van der Waals surface area contributed by atoms with Gasteiger partial charge in [0.2, 0.25) is 0 Å². The van der Waals surface area contributed by atoms with Gasteiger partial charge in [-0.3, -0.25) is 4.98 Å². The zero-order valence-electron chi connectivity index (χ0n) is 10.4. The molecule has 0 N–H and O–H groups in total. The Morgan fingerprint density at radius 1 is 1.39 bits per heavy atom. The molecule has 1 aromatic heterocycles.